The van der Waals surface area contributed by atoms with E-state index in [-0.39, 0.29) is 12.6 Å². The van der Waals surface area contributed by atoms with Gasteiger partial charge in [-0.1, -0.05) is 36.8 Å². The van der Waals surface area contributed by atoms with Crippen molar-refractivity contribution in [2.75, 3.05) is 19.6 Å². The summed E-state index contributed by atoms with van der Waals surface area (Å²) in [6.07, 6.45) is -1.28. The van der Waals surface area contributed by atoms with Crippen LogP contribution in [-0.2, 0) is 6.54 Å². The summed E-state index contributed by atoms with van der Waals surface area (Å²) in [7, 11) is 0. The average molecular weight is 282 g/mol. The first-order valence-corrected chi connectivity index (χ1v) is 7.32. The summed E-state index contributed by atoms with van der Waals surface area (Å²) in [6.45, 7) is 6.88. The molecule has 2 atom stereocenters. The van der Waals surface area contributed by atoms with Gasteiger partial charge in [-0.15, -0.1) is 0 Å². The smallest absolute Gasteiger partial charge is 0.250 e. The maximum Gasteiger partial charge on any atom is 0.250 e. The molecule has 1 aromatic carbocycles. The lowest BCUT2D eigenvalue weighted by Gasteiger charge is -2.37. The predicted molar refractivity (Wildman–Crippen MR) is 78.0 cm³/mol. The quantitative estimate of drug-likeness (QED) is 0.893. The van der Waals surface area contributed by atoms with Crippen molar-refractivity contribution in [2.24, 2.45) is 5.92 Å². The van der Waals surface area contributed by atoms with Crippen LogP contribution < -0.4 is 5.32 Å². The zero-order chi connectivity index (χ0) is 14.5. The molecule has 0 bridgehead atoms. The van der Waals surface area contributed by atoms with E-state index in [2.05, 4.69) is 48.3 Å². The zero-order valence-electron chi connectivity index (χ0n) is 12.3. The van der Waals surface area contributed by atoms with Crippen LogP contribution >= 0.6 is 0 Å². The molecule has 20 heavy (non-hydrogen) atoms. The van der Waals surface area contributed by atoms with E-state index in [1.54, 1.807) is 0 Å². The van der Waals surface area contributed by atoms with Crippen LogP contribution in [0.15, 0.2) is 24.3 Å². The molecule has 0 aromatic heterocycles. The van der Waals surface area contributed by atoms with E-state index in [1.807, 2.05) is 0 Å². The van der Waals surface area contributed by atoms with Gasteiger partial charge in [-0.05, 0) is 24.8 Å². The number of likely N-dealkylation sites (tertiary alicyclic amines) is 1. The minimum atomic E-state index is -2.27. The van der Waals surface area contributed by atoms with Gasteiger partial charge in [0.25, 0.3) is 6.43 Å². The molecular weight excluding hydrogens is 258 g/mol. The number of piperidine rings is 1. The van der Waals surface area contributed by atoms with Gasteiger partial charge in [0, 0.05) is 25.7 Å². The van der Waals surface area contributed by atoms with E-state index in [0.29, 0.717) is 5.92 Å². The van der Waals surface area contributed by atoms with Crippen LogP contribution in [0.25, 0.3) is 0 Å². The highest BCUT2D eigenvalue weighted by atomic mass is 19.3. The molecule has 112 valence electrons. The number of nitrogens with zero attached hydrogens (tertiary/aromatic N) is 1. The molecule has 0 radical (unpaired) electrons. The van der Waals surface area contributed by atoms with Crippen LogP contribution in [-0.4, -0.2) is 37.0 Å². The molecule has 0 amide bonds. The summed E-state index contributed by atoms with van der Waals surface area (Å²) in [4.78, 5) is 2.37. The highest BCUT2D eigenvalue weighted by Crippen LogP contribution is 2.19. The van der Waals surface area contributed by atoms with Crippen LogP contribution in [0.5, 0.6) is 0 Å². The maximum atomic E-state index is 12.3. The fourth-order valence-electron chi connectivity index (χ4n) is 3.06. The Balaban J connectivity index is 1.90. The molecule has 2 unspecified atom stereocenters. The van der Waals surface area contributed by atoms with Crippen molar-refractivity contribution < 1.29 is 8.78 Å². The van der Waals surface area contributed by atoms with E-state index in [1.165, 1.54) is 11.1 Å². The normalized spacial score (nSPS) is 24.2. The molecule has 1 heterocycles. The lowest BCUT2D eigenvalue weighted by atomic mass is 9.95. The van der Waals surface area contributed by atoms with Gasteiger partial charge in [0.15, 0.2) is 0 Å². The molecule has 2 rings (SSSR count). The van der Waals surface area contributed by atoms with Gasteiger partial charge in [0.1, 0.15) is 0 Å². The Morgan fingerprint density at radius 2 is 2.15 bits per heavy atom. The SMILES string of the molecule is Cc1cccc(CN2CC(C)CC(NCC(F)F)C2)c1. The molecule has 0 saturated carbocycles. The van der Waals surface area contributed by atoms with Gasteiger partial charge < -0.3 is 5.32 Å². The van der Waals surface area contributed by atoms with Crippen molar-refractivity contribution in [2.45, 2.75) is 39.3 Å². The zero-order valence-corrected chi connectivity index (χ0v) is 12.3. The van der Waals surface area contributed by atoms with E-state index in [0.717, 1.165) is 26.1 Å². The minimum Gasteiger partial charge on any atom is -0.307 e. The van der Waals surface area contributed by atoms with Crippen molar-refractivity contribution in [1.82, 2.24) is 10.2 Å². The van der Waals surface area contributed by atoms with Crippen LogP contribution in [0.2, 0.25) is 0 Å². The number of hydrogen-bond donors (Lipinski definition) is 1. The summed E-state index contributed by atoms with van der Waals surface area (Å²) >= 11 is 0. The minimum absolute atomic E-state index is 0.178. The Morgan fingerprint density at radius 1 is 1.35 bits per heavy atom. The van der Waals surface area contributed by atoms with Crippen molar-refractivity contribution in [1.29, 1.82) is 0 Å². The van der Waals surface area contributed by atoms with E-state index in [9.17, 15) is 8.78 Å². The second-order valence-corrected chi connectivity index (χ2v) is 6.02. The molecule has 1 aliphatic heterocycles. The Morgan fingerprint density at radius 3 is 2.85 bits per heavy atom. The third-order valence-electron chi connectivity index (χ3n) is 3.78. The fraction of sp³-hybridized carbons (Fsp3) is 0.625. The summed E-state index contributed by atoms with van der Waals surface area (Å²) in [5, 5.41) is 2.99. The van der Waals surface area contributed by atoms with Gasteiger partial charge in [-0.3, -0.25) is 4.90 Å². The standard InChI is InChI=1S/C16H24F2N2/c1-12-4-3-5-14(6-12)10-20-9-13(2)7-15(11-20)19-8-16(17)18/h3-6,13,15-16,19H,7-11H2,1-2H3. The van der Waals surface area contributed by atoms with E-state index >= 15 is 0 Å². The molecule has 2 nitrogen and oxygen atoms in total. The molecular formula is C16H24F2N2. The Bertz CT molecular complexity index is 423. The molecule has 1 N–H and O–H groups in total. The molecule has 1 aromatic rings. The number of benzene rings is 1. The Kier molecular flexibility index (Phi) is 5.49. The molecule has 1 saturated heterocycles. The Labute approximate surface area is 120 Å². The fourth-order valence-corrected chi connectivity index (χ4v) is 3.06. The highest BCUT2D eigenvalue weighted by Gasteiger charge is 2.25. The molecule has 1 fully saturated rings. The predicted octanol–water partition coefficient (Wildman–Crippen LogP) is 3.06. The topological polar surface area (TPSA) is 15.3 Å². The molecule has 4 heteroatoms. The molecule has 0 spiro atoms. The third kappa shape index (κ3) is 4.84. The second-order valence-electron chi connectivity index (χ2n) is 6.02. The summed E-state index contributed by atoms with van der Waals surface area (Å²) in [5.74, 6) is 0.545. The van der Waals surface area contributed by atoms with Crippen molar-refractivity contribution >= 4 is 0 Å². The lowest BCUT2D eigenvalue weighted by Crippen LogP contribution is -2.49. The lowest BCUT2D eigenvalue weighted by molar-refractivity contribution is 0.109. The maximum absolute atomic E-state index is 12.3. The third-order valence-corrected chi connectivity index (χ3v) is 3.78. The summed E-state index contributed by atoms with van der Waals surface area (Å²) in [6, 6.07) is 8.67. The van der Waals surface area contributed by atoms with E-state index in [4.69, 9.17) is 0 Å². The van der Waals surface area contributed by atoms with E-state index < -0.39 is 6.43 Å². The first-order valence-electron chi connectivity index (χ1n) is 7.32. The molecule has 0 aliphatic carbocycles. The van der Waals surface area contributed by atoms with Gasteiger partial charge >= 0.3 is 0 Å². The Hall–Kier alpha value is -1.00. The van der Waals surface area contributed by atoms with Gasteiger partial charge in [-0.2, -0.15) is 0 Å². The van der Waals surface area contributed by atoms with Crippen molar-refractivity contribution in [3.05, 3.63) is 35.4 Å². The summed E-state index contributed by atoms with van der Waals surface area (Å²) < 4.78 is 24.6. The number of nitrogens with one attached hydrogen (secondary N) is 1. The average Bonchev–Trinajstić information content (AvgIpc) is 2.35. The monoisotopic (exact) mass is 282 g/mol. The first kappa shape index (κ1) is 15.4. The van der Waals surface area contributed by atoms with Crippen molar-refractivity contribution in [3.63, 3.8) is 0 Å². The van der Waals surface area contributed by atoms with Crippen LogP contribution in [0.4, 0.5) is 8.78 Å². The van der Waals surface area contributed by atoms with Gasteiger partial charge in [-0.25, -0.2) is 8.78 Å². The van der Waals surface area contributed by atoms with Crippen LogP contribution in [0, 0.1) is 12.8 Å². The van der Waals surface area contributed by atoms with Gasteiger partial charge in [0.05, 0.1) is 6.54 Å². The second kappa shape index (κ2) is 7.14. The summed E-state index contributed by atoms with van der Waals surface area (Å²) in [5.41, 5.74) is 2.56. The van der Waals surface area contributed by atoms with Gasteiger partial charge in [0.2, 0.25) is 0 Å². The first-order chi connectivity index (χ1) is 9.52. The number of hydrogen-bond acceptors (Lipinski definition) is 2. The van der Waals surface area contributed by atoms with Crippen LogP contribution in [0.1, 0.15) is 24.5 Å². The highest BCUT2D eigenvalue weighted by molar-refractivity contribution is 5.22. The number of alkyl halides is 2. The van der Waals surface area contributed by atoms with Crippen molar-refractivity contribution in [3.8, 4) is 0 Å². The number of rotatable bonds is 5. The molecule has 1 aliphatic rings. The van der Waals surface area contributed by atoms with Crippen LogP contribution in [0.3, 0.4) is 0 Å². The largest absolute Gasteiger partial charge is 0.307 e. The number of halogens is 2. The number of aryl methyl sites for hydroxylation is 1.